The summed E-state index contributed by atoms with van der Waals surface area (Å²) in [7, 11) is 1.65. The summed E-state index contributed by atoms with van der Waals surface area (Å²) in [5, 5.41) is 0.596. The molecule has 0 aliphatic rings. The van der Waals surface area contributed by atoms with E-state index in [1.54, 1.807) is 7.11 Å². The van der Waals surface area contributed by atoms with E-state index in [-0.39, 0.29) is 5.38 Å². The molecule has 0 amide bonds. The Morgan fingerprint density at radius 2 is 1.72 bits per heavy atom. The molecule has 0 N–H and O–H groups in total. The molecule has 1 atom stereocenters. The smallest absolute Gasteiger partial charge is 0.123 e. The minimum atomic E-state index is -0.152. The van der Waals surface area contributed by atoms with Gasteiger partial charge in [0.15, 0.2) is 0 Å². The van der Waals surface area contributed by atoms with E-state index < -0.39 is 0 Å². The number of benzene rings is 2. The second-order valence-electron chi connectivity index (χ2n) is 4.01. The van der Waals surface area contributed by atoms with Crippen LogP contribution in [0.3, 0.4) is 0 Å². The van der Waals surface area contributed by atoms with Crippen molar-refractivity contribution in [2.75, 3.05) is 7.11 Å². The fraction of sp³-hybridized carbons (Fsp3) is 0.200. The van der Waals surface area contributed by atoms with Crippen molar-refractivity contribution in [3.63, 3.8) is 0 Å². The topological polar surface area (TPSA) is 9.23 Å². The minimum absolute atomic E-state index is 0.152. The highest BCUT2D eigenvalue weighted by molar-refractivity contribution is 6.31. The number of alkyl halides is 1. The van der Waals surface area contributed by atoms with Gasteiger partial charge in [0.2, 0.25) is 0 Å². The Morgan fingerprint density at radius 1 is 1.06 bits per heavy atom. The summed E-state index contributed by atoms with van der Waals surface area (Å²) in [4.78, 5) is 0. The van der Waals surface area contributed by atoms with Crippen LogP contribution in [0.2, 0.25) is 5.02 Å². The quantitative estimate of drug-likeness (QED) is 0.726. The van der Waals surface area contributed by atoms with Crippen molar-refractivity contribution in [2.45, 2.75) is 11.8 Å². The van der Waals surface area contributed by atoms with Gasteiger partial charge in [0, 0.05) is 10.6 Å². The molecule has 0 radical (unpaired) electrons. The van der Waals surface area contributed by atoms with Gasteiger partial charge < -0.3 is 4.74 Å². The Balaban J connectivity index is 2.22. The molecule has 2 rings (SSSR count). The zero-order valence-corrected chi connectivity index (χ0v) is 11.6. The third-order valence-corrected chi connectivity index (χ3v) is 3.59. The lowest BCUT2D eigenvalue weighted by Gasteiger charge is -2.14. The van der Waals surface area contributed by atoms with Crippen molar-refractivity contribution in [2.24, 2.45) is 0 Å². The van der Waals surface area contributed by atoms with Crippen LogP contribution < -0.4 is 4.74 Å². The summed E-state index contributed by atoms with van der Waals surface area (Å²) < 4.78 is 5.32. The van der Waals surface area contributed by atoms with Gasteiger partial charge in [0.1, 0.15) is 5.75 Å². The largest absolute Gasteiger partial charge is 0.496 e. The van der Waals surface area contributed by atoms with Crippen LogP contribution in [0.1, 0.15) is 16.5 Å². The van der Waals surface area contributed by atoms with Crippen LogP contribution in [-0.2, 0) is 6.42 Å². The molecule has 2 aromatic rings. The lowest BCUT2D eigenvalue weighted by molar-refractivity contribution is 0.409. The second kappa shape index (κ2) is 6.12. The molecule has 18 heavy (non-hydrogen) atoms. The molecule has 0 saturated heterocycles. The second-order valence-corrected chi connectivity index (χ2v) is 4.94. The number of methoxy groups -OCH3 is 1. The van der Waals surface area contributed by atoms with E-state index in [1.165, 1.54) is 0 Å². The van der Waals surface area contributed by atoms with Crippen LogP contribution in [0.5, 0.6) is 5.75 Å². The Hall–Kier alpha value is -1.18. The number of para-hydroxylation sites is 1. The highest BCUT2D eigenvalue weighted by Gasteiger charge is 2.14. The zero-order chi connectivity index (χ0) is 13.0. The molecule has 94 valence electrons. The summed E-state index contributed by atoms with van der Waals surface area (Å²) in [5.41, 5.74) is 2.03. The molecule has 0 fully saturated rings. The minimum Gasteiger partial charge on any atom is -0.496 e. The number of ether oxygens (including phenoxy) is 1. The molecule has 3 heteroatoms. The van der Waals surface area contributed by atoms with Gasteiger partial charge in [-0.2, -0.15) is 0 Å². The maximum atomic E-state index is 6.46. The fourth-order valence-corrected chi connectivity index (χ4v) is 2.45. The number of hydrogen-bond donors (Lipinski definition) is 0. The third kappa shape index (κ3) is 2.98. The first kappa shape index (κ1) is 13.3. The van der Waals surface area contributed by atoms with E-state index in [0.29, 0.717) is 6.42 Å². The van der Waals surface area contributed by atoms with E-state index >= 15 is 0 Å². The average molecular weight is 281 g/mol. The Bertz CT molecular complexity index is 525. The highest BCUT2D eigenvalue weighted by atomic mass is 35.5. The summed E-state index contributed by atoms with van der Waals surface area (Å²) in [6.45, 7) is 0. The van der Waals surface area contributed by atoms with Crippen molar-refractivity contribution in [1.29, 1.82) is 0 Å². The van der Waals surface area contributed by atoms with Gasteiger partial charge in [0.05, 0.1) is 12.5 Å². The van der Waals surface area contributed by atoms with Crippen molar-refractivity contribution in [1.82, 2.24) is 0 Å². The summed E-state index contributed by atoms with van der Waals surface area (Å²) in [6, 6.07) is 15.5. The van der Waals surface area contributed by atoms with Crippen LogP contribution in [0.25, 0.3) is 0 Å². The van der Waals surface area contributed by atoms with Crippen LogP contribution in [0.15, 0.2) is 48.5 Å². The van der Waals surface area contributed by atoms with E-state index in [4.69, 9.17) is 27.9 Å². The maximum absolute atomic E-state index is 6.46. The van der Waals surface area contributed by atoms with Crippen molar-refractivity contribution in [3.05, 3.63) is 64.7 Å². The van der Waals surface area contributed by atoms with Gasteiger partial charge >= 0.3 is 0 Å². The number of rotatable bonds is 4. The predicted octanol–water partition coefficient (Wildman–Crippen LogP) is 4.87. The molecule has 0 bridgehead atoms. The monoisotopic (exact) mass is 280 g/mol. The van der Waals surface area contributed by atoms with Crippen molar-refractivity contribution in [3.8, 4) is 5.75 Å². The molecular formula is C15H14Cl2O. The van der Waals surface area contributed by atoms with E-state index in [9.17, 15) is 0 Å². The normalized spacial score (nSPS) is 12.2. The van der Waals surface area contributed by atoms with Crippen LogP contribution in [0.4, 0.5) is 0 Å². The van der Waals surface area contributed by atoms with Crippen LogP contribution >= 0.6 is 23.2 Å². The van der Waals surface area contributed by atoms with Crippen molar-refractivity contribution >= 4 is 23.2 Å². The predicted molar refractivity (Wildman–Crippen MR) is 76.7 cm³/mol. The fourth-order valence-electron chi connectivity index (χ4n) is 1.89. The van der Waals surface area contributed by atoms with Gasteiger partial charge in [-0.05, 0) is 24.1 Å². The van der Waals surface area contributed by atoms with E-state index in [0.717, 1.165) is 21.9 Å². The molecule has 2 aromatic carbocycles. The molecule has 0 spiro atoms. The summed E-state index contributed by atoms with van der Waals surface area (Å²) in [6.07, 6.45) is 0.682. The van der Waals surface area contributed by atoms with Gasteiger partial charge in [-0.25, -0.2) is 0 Å². The Labute approximate surface area is 117 Å². The van der Waals surface area contributed by atoms with Gasteiger partial charge in [-0.15, -0.1) is 11.6 Å². The first-order valence-electron chi connectivity index (χ1n) is 5.72. The summed E-state index contributed by atoms with van der Waals surface area (Å²) in [5.74, 6) is 0.810. The SMILES string of the molecule is COc1ccccc1C(Cl)Cc1ccccc1Cl. The first-order valence-corrected chi connectivity index (χ1v) is 6.54. The lowest BCUT2D eigenvalue weighted by atomic mass is 10.0. The standard InChI is InChI=1S/C15H14Cl2O/c1-18-15-9-5-3-7-12(15)14(17)10-11-6-2-4-8-13(11)16/h2-9,14H,10H2,1H3. The number of hydrogen-bond acceptors (Lipinski definition) is 1. The molecular weight excluding hydrogens is 267 g/mol. The summed E-state index contributed by atoms with van der Waals surface area (Å²) >= 11 is 12.6. The van der Waals surface area contributed by atoms with Crippen LogP contribution in [0, 0.1) is 0 Å². The van der Waals surface area contributed by atoms with Gasteiger partial charge in [-0.1, -0.05) is 48.0 Å². The lowest BCUT2D eigenvalue weighted by Crippen LogP contribution is -1.99. The van der Waals surface area contributed by atoms with E-state index in [1.807, 2.05) is 48.5 Å². The van der Waals surface area contributed by atoms with Gasteiger partial charge in [-0.3, -0.25) is 0 Å². The molecule has 1 unspecified atom stereocenters. The molecule has 0 aromatic heterocycles. The Morgan fingerprint density at radius 3 is 2.44 bits per heavy atom. The van der Waals surface area contributed by atoms with Gasteiger partial charge in [0.25, 0.3) is 0 Å². The molecule has 1 nitrogen and oxygen atoms in total. The highest BCUT2D eigenvalue weighted by Crippen LogP contribution is 2.33. The zero-order valence-electron chi connectivity index (χ0n) is 10.1. The third-order valence-electron chi connectivity index (χ3n) is 2.83. The molecule has 0 aliphatic heterocycles. The van der Waals surface area contributed by atoms with Crippen molar-refractivity contribution < 1.29 is 4.74 Å². The number of halogens is 2. The maximum Gasteiger partial charge on any atom is 0.123 e. The van der Waals surface area contributed by atoms with E-state index in [2.05, 4.69) is 0 Å². The molecule has 0 aliphatic carbocycles. The Kier molecular flexibility index (Phi) is 4.51. The molecule has 0 saturated carbocycles. The molecule has 0 heterocycles. The van der Waals surface area contributed by atoms with Crippen LogP contribution in [-0.4, -0.2) is 7.11 Å². The first-order chi connectivity index (χ1) is 8.72. The average Bonchev–Trinajstić information content (AvgIpc) is 2.41.